The zero-order chi connectivity index (χ0) is 15.7. The Morgan fingerprint density at radius 2 is 1.86 bits per heavy atom. The Kier molecular flexibility index (Phi) is 7.74. The summed E-state index contributed by atoms with van der Waals surface area (Å²) in [4.78, 5) is 23.4. The number of ether oxygens (including phenoxy) is 2. The summed E-state index contributed by atoms with van der Waals surface area (Å²) in [7, 11) is 0. The van der Waals surface area contributed by atoms with Gasteiger partial charge in [0.25, 0.3) is 0 Å². The molecule has 0 aliphatic heterocycles. The van der Waals surface area contributed by atoms with Crippen molar-refractivity contribution in [3.63, 3.8) is 0 Å². The van der Waals surface area contributed by atoms with Crippen LogP contribution in [-0.4, -0.2) is 37.9 Å². The van der Waals surface area contributed by atoms with Crippen molar-refractivity contribution in [2.45, 2.75) is 20.1 Å². The molecule has 0 saturated heterocycles. The van der Waals surface area contributed by atoms with E-state index in [4.69, 9.17) is 21.1 Å². The molecular formula is C14H19ClN2O4. The lowest BCUT2D eigenvalue weighted by Gasteiger charge is -2.17. The zero-order valence-electron chi connectivity index (χ0n) is 12.0. The molecule has 0 aromatic heterocycles. The highest BCUT2D eigenvalue weighted by molar-refractivity contribution is 6.39. The number of carbonyl (C=O) groups excluding carboxylic acids is 2. The highest BCUT2D eigenvalue weighted by Gasteiger charge is 2.16. The van der Waals surface area contributed by atoms with Crippen molar-refractivity contribution in [1.29, 1.82) is 0 Å². The molecule has 6 nitrogen and oxygen atoms in total. The van der Waals surface area contributed by atoms with Gasteiger partial charge in [-0.3, -0.25) is 9.59 Å². The highest BCUT2D eigenvalue weighted by Crippen LogP contribution is 2.14. The van der Waals surface area contributed by atoms with Crippen LogP contribution >= 0.6 is 11.6 Å². The lowest BCUT2D eigenvalue weighted by Crippen LogP contribution is -2.41. The summed E-state index contributed by atoms with van der Waals surface area (Å²) in [5.41, 5.74) is 0.453. The fraction of sp³-hybridized carbons (Fsp3) is 0.429. The van der Waals surface area contributed by atoms with Crippen LogP contribution < -0.4 is 10.6 Å². The highest BCUT2D eigenvalue weighted by atomic mass is 35.5. The van der Waals surface area contributed by atoms with Crippen molar-refractivity contribution in [2.24, 2.45) is 0 Å². The molecule has 2 N–H and O–H groups in total. The maximum absolute atomic E-state index is 11.7. The third-order valence-electron chi connectivity index (χ3n) is 2.42. The van der Waals surface area contributed by atoms with Gasteiger partial charge in [0.2, 0.25) is 0 Å². The second-order valence-corrected chi connectivity index (χ2v) is 4.45. The van der Waals surface area contributed by atoms with E-state index in [1.807, 2.05) is 13.8 Å². The Hall–Kier alpha value is -1.63. The second-order valence-electron chi connectivity index (χ2n) is 4.01. The first-order chi connectivity index (χ1) is 10.1. The van der Waals surface area contributed by atoms with Crippen LogP contribution in [0.1, 0.15) is 13.8 Å². The molecule has 0 saturated carbocycles. The molecule has 1 rings (SSSR count). The van der Waals surface area contributed by atoms with Gasteiger partial charge in [-0.15, -0.1) is 0 Å². The van der Waals surface area contributed by atoms with Crippen molar-refractivity contribution < 1.29 is 19.1 Å². The number of halogens is 1. The number of amides is 2. The summed E-state index contributed by atoms with van der Waals surface area (Å²) in [6.45, 7) is 4.65. The van der Waals surface area contributed by atoms with E-state index in [0.717, 1.165) is 0 Å². The van der Waals surface area contributed by atoms with E-state index in [1.54, 1.807) is 24.3 Å². The molecule has 0 spiro atoms. The molecular weight excluding hydrogens is 296 g/mol. The van der Waals surface area contributed by atoms with Crippen LogP contribution in [0.2, 0.25) is 5.02 Å². The molecule has 21 heavy (non-hydrogen) atoms. The standard InChI is InChI=1S/C14H19ClN2O4/c1-3-20-12(21-4-2)9-16-13(18)14(19)17-11-7-5-6-10(15)8-11/h5-8,12H,3-4,9H2,1-2H3,(H,16,18)(H,17,19). The van der Waals surface area contributed by atoms with Crippen molar-refractivity contribution in [2.75, 3.05) is 25.1 Å². The lowest BCUT2D eigenvalue weighted by atomic mass is 10.3. The molecule has 1 aromatic rings. The average Bonchev–Trinajstić information content (AvgIpc) is 2.45. The Morgan fingerprint density at radius 1 is 1.19 bits per heavy atom. The van der Waals surface area contributed by atoms with Gasteiger partial charge < -0.3 is 20.1 Å². The van der Waals surface area contributed by atoms with Gasteiger partial charge in [0.1, 0.15) is 0 Å². The summed E-state index contributed by atoms with van der Waals surface area (Å²) in [5, 5.41) is 5.38. The quantitative estimate of drug-likeness (QED) is 0.594. The van der Waals surface area contributed by atoms with Gasteiger partial charge in [0.05, 0.1) is 6.54 Å². The molecule has 0 atom stereocenters. The van der Waals surface area contributed by atoms with Gasteiger partial charge in [-0.2, -0.15) is 0 Å². The number of hydrogen-bond donors (Lipinski definition) is 2. The predicted octanol–water partition coefficient (Wildman–Crippen LogP) is 1.79. The minimum absolute atomic E-state index is 0.101. The summed E-state index contributed by atoms with van der Waals surface area (Å²) in [5.74, 6) is -1.54. The number of rotatable bonds is 7. The van der Waals surface area contributed by atoms with Crippen molar-refractivity contribution in [3.8, 4) is 0 Å². The van der Waals surface area contributed by atoms with Gasteiger partial charge >= 0.3 is 11.8 Å². The Morgan fingerprint density at radius 3 is 2.43 bits per heavy atom. The van der Waals surface area contributed by atoms with E-state index in [0.29, 0.717) is 23.9 Å². The van der Waals surface area contributed by atoms with E-state index >= 15 is 0 Å². The normalized spacial score (nSPS) is 10.5. The van der Waals surface area contributed by atoms with Crippen LogP contribution in [0.3, 0.4) is 0 Å². The third kappa shape index (κ3) is 6.57. The maximum atomic E-state index is 11.7. The predicted molar refractivity (Wildman–Crippen MR) is 80.1 cm³/mol. The van der Waals surface area contributed by atoms with Gasteiger partial charge in [-0.1, -0.05) is 17.7 Å². The van der Waals surface area contributed by atoms with Crippen molar-refractivity contribution in [3.05, 3.63) is 29.3 Å². The second kappa shape index (κ2) is 9.33. The molecule has 0 aliphatic rings. The minimum Gasteiger partial charge on any atom is -0.351 e. The summed E-state index contributed by atoms with van der Waals surface area (Å²) in [6.07, 6.45) is -0.567. The van der Waals surface area contributed by atoms with Crippen LogP contribution in [0.5, 0.6) is 0 Å². The molecule has 0 unspecified atom stereocenters. The average molecular weight is 315 g/mol. The summed E-state index contributed by atoms with van der Waals surface area (Å²) < 4.78 is 10.5. The van der Waals surface area contributed by atoms with Crippen molar-refractivity contribution >= 4 is 29.1 Å². The third-order valence-corrected chi connectivity index (χ3v) is 2.66. The molecule has 7 heteroatoms. The largest absolute Gasteiger partial charge is 0.351 e. The van der Waals surface area contributed by atoms with E-state index < -0.39 is 18.1 Å². The van der Waals surface area contributed by atoms with E-state index in [-0.39, 0.29) is 6.54 Å². The first kappa shape index (κ1) is 17.4. The Balaban J connectivity index is 2.45. The fourth-order valence-corrected chi connectivity index (χ4v) is 1.74. The van der Waals surface area contributed by atoms with Gasteiger partial charge in [-0.25, -0.2) is 0 Å². The molecule has 0 heterocycles. The Bertz CT molecular complexity index is 476. The van der Waals surface area contributed by atoms with E-state index in [2.05, 4.69) is 10.6 Å². The SMILES string of the molecule is CCOC(CNC(=O)C(=O)Nc1cccc(Cl)c1)OCC. The van der Waals surface area contributed by atoms with E-state index in [1.165, 1.54) is 0 Å². The fourth-order valence-electron chi connectivity index (χ4n) is 1.55. The zero-order valence-corrected chi connectivity index (χ0v) is 12.8. The van der Waals surface area contributed by atoms with Crippen LogP contribution in [-0.2, 0) is 19.1 Å². The molecule has 0 radical (unpaired) electrons. The van der Waals surface area contributed by atoms with Crippen LogP contribution in [0.25, 0.3) is 0 Å². The van der Waals surface area contributed by atoms with Gasteiger partial charge in [-0.05, 0) is 32.0 Å². The Labute approximate surface area is 128 Å². The van der Waals surface area contributed by atoms with Crippen LogP contribution in [0.15, 0.2) is 24.3 Å². The molecule has 116 valence electrons. The molecule has 0 aliphatic carbocycles. The monoisotopic (exact) mass is 314 g/mol. The summed E-state index contributed by atoms with van der Waals surface area (Å²) >= 11 is 5.80. The van der Waals surface area contributed by atoms with E-state index in [9.17, 15) is 9.59 Å². The minimum atomic E-state index is -0.774. The van der Waals surface area contributed by atoms with Crippen LogP contribution in [0.4, 0.5) is 5.69 Å². The van der Waals surface area contributed by atoms with Gasteiger partial charge in [0, 0.05) is 23.9 Å². The molecule has 1 aromatic carbocycles. The smallest absolute Gasteiger partial charge is 0.313 e. The number of benzene rings is 1. The maximum Gasteiger partial charge on any atom is 0.313 e. The molecule has 0 bridgehead atoms. The number of nitrogens with one attached hydrogen (secondary N) is 2. The molecule has 2 amide bonds. The number of anilines is 1. The topological polar surface area (TPSA) is 76.7 Å². The number of hydrogen-bond acceptors (Lipinski definition) is 4. The van der Waals surface area contributed by atoms with Gasteiger partial charge in [0.15, 0.2) is 6.29 Å². The molecule has 0 fully saturated rings. The first-order valence-corrected chi connectivity index (χ1v) is 7.02. The number of carbonyl (C=O) groups is 2. The summed E-state index contributed by atoms with van der Waals surface area (Å²) in [6, 6.07) is 6.54. The lowest BCUT2D eigenvalue weighted by molar-refractivity contribution is -0.145. The first-order valence-electron chi connectivity index (χ1n) is 6.64. The van der Waals surface area contributed by atoms with Crippen LogP contribution in [0, 0.1) is 0 Å². The van der Waals surface area contributed by atoms with Crippen molar-refractivity contribution in [1.82, 2.24) is 5.32 Å².